The van der Waals surface area contributed by atoms with Crippen molar-refractivity contribution < 1.29 is 0 Å². The third-order valence-corrected chi connectivity index (χ3v) is 3.90. The summed E-state index contributed by atoms with van der Waals surface area (Å²) in [6.07, 6.45) is 5.23. The average Bonchev–Trinajstić information content (AvgIpc) is 3.26. The number of fused-ring (bicyclic) bond motifs is 1. The molecule has 1 N–H and O–H groups in total. The van der Waals surface area contributed by atoms with Crippen LogP contribution in [-0.2, 0) is 0 Å². The normalized spacial score (nSPS) is 12.4. The number of nitrogens with one attached hydrogen (secondary N) is 1. The summed E-state index contributed by atoms with van der Waals surface area (Å²) in [5, 5.41) is 12.1. The van der Waals surface area contributed by atoms with E-state index in [0.29, 0.717) is 5.78 Å². The van der Waals surface area contributed by atoms with Crippen molar-refractivity contribution in [1.82, 2.24) is 29.4 Å². The third kappa shape index (κ3) is 2.50. The van der Waals surface area contributed by atoms with Gasteiger partial charge in [0.15, 0.2) is 0 Å². The highest BCUT2D eigenvalue weighted by Gasteiger charge is 2.14. The summed E-state index contributed by atoms with van der Waals surface area (Å²) in [4.78, 5) is 8.53. The first-order chi connectivity index (χ1) is 11.7. The molecular formula is C17H17N7. The van der Waals surface area contributed by atoms with Gasteiger partial charge in [0.05, 0.1) is 11.7 Å². The first-order valence-electron chi connectivity index (χ1n) is 7.75. The highest BCUT2D eigenvalue weighted by atomic mass is 15.4. The zero-order chi connectivity index (χ0) is 16.5. The molecule has 0 aliphatic carbocycles. The van der Waals surface area contributed by atoms with Gasteiger partial charge in [0.1, 0.15) is 12.1 Å². The van der Waals surface area contributed by atoms with Gasteiger partial charge in [0, 0.05) is 24.2 Å². The fourth-order valence-electron chi connectivity index (χ4n) is 2.81. The Bertz CT molecular complexity index is 972. The number of nitrogens with zero attached hydrogens (tertiary/aromatic N) is 6. The zero-order valence-electron chi connectivity index (χ0n) is 13.5. The van der Waals surface area contributed by atoms with Crippen molar-refractivity contribution in [2.45, 2.75) is 19.9 Å². The van der Waals surface area contributed by atoms with Crippen LogP contribution >= 0.6 is 0 Å². The second kappa shape index (κ2) is 5.77. The van der Waals surface area contributed by atoms with Gasteiger partial charge in [-0.25, -0.2) is 9.67 Å². The predicted molar refractivity (Wildman–Crippen MR) is 91.1 cm³/mol. The molecule has 1 unspecified atom stereocenters. The molecule has 4 aromatic rings. The molecule has 0 saturated carbocycles. The lowest BCUT2D eigenvalue weighted by Crippen LogP contribution is -2.14. The number of hydrogen-bond donors (Lipinski definition) is 1. The van der Waals surface area contributed by atoms with Gasteiger partial charge in [-0.15, -0.1) is 0 Å². The van der Waals surface area contributed by atoms with E-state index in [4.69, 9.17) is 0 Å². The maximum Gasteiger partial charge on any atom is 0.254 e. The van der Waals surface area contributed by atoms with Crippen LogP contribution in [0.1, 0.15) is 24.2 Å². The first kappa shape index (κ1) is 14.4. The van der Waals surface area contributed by atoms with Crippen molar-refractivity contribution in [3.63, 3.8) is 0 Å². The number of para-hydroxylation sites is 1. The van der Waals surface area contributed by atoms with Crippen molar-refractivity contribution in [3.05, 3.63) is 66.4 Å². The summed E-state index contributed by atoms with van der Waals surface area (Å²) in [7, 11) is 0. The Hall–Kier alpha value is -3.22. The van der Waals surface area contributed by atoms with Gasteiger partial charge < -0.3 is 5.32 Å². The van der Waals surface area contributed by atoms with E-state index in [9.17, 15) is 0 Å². The van der Waals surface area contributed by atoms with E-state index in [1.807, 2.05) is 42.1 Å². The van der Waals surface area contributed by atoms with Gasteiger partial charge >= 0.3 is 0 Å². The van der Waals surface area contributed by atoms with Crippen molar-refractivity contribution in [2.24, 2.45) is 0 Å². The molecule has 4 rings (SSSR count). The Morgan fingerprint density at radius 2 is 2.00 bits per heavy atom. The molecule has 24 heavy (non-hydrogen) atoms. The Morgan fingerprint density at radius 3 is 2.83 bits per heavy atom. The van der Waals surface area contributed by atoms with Crippen LogP contribution in [0.25, 0.3) is 11.5 Å². The fourth-order valence-corrected chi connectivity index (χ4v) is 2.81. The molecule has 1 atom stereocenters. The van der Waals surface area contributed by atoms with Crippen LogP contribution in [0.2, 0.25) is 0 Å². The second-order valence-corrected chi connectivity index (χ2v) is 5.63. The standard InChI is InChI=1S/C17H17N7/c1-12-10-16(24-17(21-12)18-11-20-24)22-13(2)14-6-3-4-7-15(14)23-9-5-8-19-23/h3-11,13,22H,1-2H3. The van der Waals surface area contributed by atoms with Crippen molar-refractivity contribution in [2.75, 3.05) is 5.32 Å². The van der Waals surface area contributed by atoms with Crippen LogP contribution in [0.3, 0.4) is 0 Å². The fraction of sp³-hybridized carbons (Fsp3) is 0.176. The lowest BCUT2D eigenvalue weighted by molar-refractivity contribution is 0.801. The molecule has 1 aromatic carbocycles. The van der Waals surface area contributed by atoms with E-state index >= 15 is 0 Å². The van der Waals surface area contributed by atoms with Gasteiger partial charge in [-0.1, -0.05) is 18.2 Å². The minimum absolute atomic E-state index is 0.0552. The molecule has 7 nitrogen and oxygen atoms in total. The van der Waals surface area contributed by atoms with Gasteiger partial charge in [-0.2, -0.15) is 19.7 Å². The SMILES string of the molecule is Cc1cc(NC(C)c2ccccc2-n2cccn2)n2ncnc2n1. The van der Waals surface area contributed by atoms with Crippen LogP contribution < -0.4 is 5.32 Å². The number of benzene rings is 1. The second-order valence-electron chi connectivity index (χ2n) is 5.63. The monoisotopic (exact) mass is 319 g/mol. The van der Waals surface area contributed by atoms with Crippen molar-refractivity contribution in [3.8, 4) is 5.69 Å². The summed E-state index contributed by atoms with van der Waals surface area (Å²) in [5.41, 5.74) is 3.08. The van der Waals surface area contributed by atoms with Gasteiger partial charge in [0.2, 0.25) is 0 Å². The molecule has 0 radical (unpaired) electrons. The van der Waals surface area contributed by atoms with E-state index in [0.717, 1.165) is 22.8 Å². The first-order valence-corrected chi connectivity index (χ1v) is 7.75. The molecule has 0 fully saturated rings. The summed E-state index contributed by atoms with van der Waals surface area (Å²) in [6, 6.07) is 12.1. The van der Waals surface area contributed by atoms with Crippen molar-refractivity contribution in [1.29, 1.82) is 0 Å². The molecule has 0 spiro atoms. The van der Waals surface area contributed by atoms with Crippen LogP contribution in [0.5, 0.6) is 0 Å². The summed E-state index contributed by atoms with van der Waals surface area (Å²) >= 11 is 0. The molecule has 0 aliphatic rings. The predicted octanol–water partition coefficient (Wildman–Crippen LogP) is 2.79. The number of aryl methyl sites for hydroxylation is 1. The Balaban J connectivity index is 1.72. The van der Waals surface area contributed by atoms with Crippen LogP contribution in [0.4, 0.5) is 5.82 Å². The smallest absolute Gasteiger partial charge is 0.254 e. The molecule has 0 amide bonds. The summed E-state index contributed by atoms with van der Waals surface area (Å²) in [5.74, 6) is 1.45. The highest BCUT2D eigenvalue weighted by Crippen LogP contribution is 2.25. The van der Waals surface area contributed by atoms with Gasteiger partial charge in [-0.3, -0.25) is 0 Å². The van der Waals surface area contributed by atoms with Crippen LogP contribution in [0, 0.1) is 6.92 Å². The molecule has 120 valence electrons. The van der Waals surface area contributed by atoms with E-state index < -0.39 is 0 Å². The number of anilines is 1. The number of aromatic nitrogens is 6. The van der Waals surface area contributed by atoms with E-state index in [1.54, 1.807) is 10.7 Å². The Labute approximate surface area is 139 Å². The summed E-state index contributed by atoms with van der Waals surface area (Å²) < 4.78 is 3.58. The minimum atomic E-state index is 0.0552. The van der Waals surface area contributed by atoms with Crippen LogP contribution in [0.15, 0.2) is 55.1 Å². The van der Waals surface area contributed by atoms with Crippen LogP contribution in [-0.4, -0.2) is 29.4 Å². The molecule has 0 bridgehead atoms. The third-order valence-electron chi connectivity index (χ3n) is 3.90. The van der Waals surface area contributed by atoms with Gasteiger partial charge in [-0.05, 0) is 31.5 Å². The molecule has 7 heteroatoms. The number of rotatable bonds is 4. The lowest BCUT2D eigenvalue weighted by Gasteiger charge is -2.19. The molecular weight excluding hydrogens is 302 g/mol. The maximum atomic E-state index is 4.37. The topological polar surface area (TPSA) is 72.9 Å². The number of hydrogen-bond acceptors (Lipinski definition) is 5. The van der Waals surface area contributed by atoms with E-state index in [-0.39, 0.29) is 6.04 Å². The highest BCUT2D eigenvalue weighted by molar-refractivity contribution is 5.49. The quantitative estimate of drug-likeness (QED) is 0.626. The van der Waals surface area contributed by atoms with Gasteiger partial charge in [0.25, 0.3) is 5.78 Å². The molecule has 3 heterocycles. The van der Waals surface area contributed by atoms with Crippen molar-refractivity contribution >= 4 is 11.6 Å². The average molecular weight is 319 g/mol. The maximum absolute atomic E-state index is 4.37. The molecule has 3 aromatic heterocycles. The minimum Gasteiger partial charge on any atom is -0.363 e. The molecule has 0 aliphatic heterocycles. The Morgan fingerprint density at radius 1 is 1.12 bits per heavy atom. The van der Waals surface area contributed by atoms with E-state index in [1.165, 1.54) is 6.33 Å². The largest absolute Gasteiger partial charge is 0.363 e. The van der Waals surface area contributed by atoms with E-state index in [2.05, 4.69) is 44.5 Å². The molecule has 0 saturated heterocycles. The summed E-state index contributed by atoms with van der Waals surface area (Å²) in [6.45, 7) is 4.06. The Kier molecular flexibility index (Phi) is 3.45. The lowest BCUT2D eigenvalue weighted by atomic mass is 10.1. The zero-order valence-corrected chi connectivity index (χ0v) is 13.5.